The Hall–Kier alpha value is -1.55. The molecule has 0 aliphatic heterocycles. The van der Waals surface area contributed by atoms with E-state index in [1.807, 2.05) is 24.3 Å². The van der Waals surface area contributed by atoms with Gasteiger partial charge in [0.1, 0.15) is 5.75 Å². The second kappa shape index (κ2) is 9.46. The minimum Gasteiger partial charge on any atom is -0.490 e. The molecule has 1 amide bonds. The largest absolute Gasteiger partial charge is 0.490 e. The van der Waals surface area contributed by atoms with Crippen molar-refractivity contribution in [3.63, 3.8) is 0 Å². The van der Waals surface area contributed by atoms with E-state index in [9.17, 15) is 4.79 Å². The van der Waals surface area contributed by atoms with Crippen LogP contribution in [0.5, 0.6) is 5.75 Å². The van der Waals surface area contributed by atoms with Crippen LogP contribution in [0.15, 0.2) is 24.3 Å². The molecule has 0 atom stereocenters. The van der Waals surface area contributed by atoms with Gasteiger partial charge >= 0.3 is 0 Å². The maximum Gasteiger partial charge on any atom is 0.251 e. The van der Waals surface area contributed by atoms with E-state index in [-0.39, 0.29) is 5.91 Å². The molecule has 0 aromatic heterocycles. The summed E-state index contributed by atoms with van der Waals surface area (Å²) in [6, 6.07) is 7.48. The van der Waals surface area contributed by atoms with Crippen LogP contribution in [0, 0.1) is 0 Å². The van der Waals surface area contributed by atoms with Crippen molar-refractivity contribution in [2.24, 2.45) is 0 Å². The average Bonchev–Trinajstić information content (AvgIpc) is 2.56. The third-order valence-corrected chi connectivity index (χ3v) is 3.99. The molecule has 4 nitrogen and oxygen atoms in total. The highest BCUT2D eigenvalue weighted by Crippen LogP contribution is 2.23. The van der Waals surface area contributed by atoms with Crippen molar-refractivity contribution in [1.29, 1.82) is 0 Å². The van der Waals surface area contributed by atoms with Gasteiger partial charge in [-0.2, -0.15) is 0 Å². The van der Waals surface area contributed by atoms with Gasteiger partial charge in [0.15, 0.2) is 0 Å². The third kappa shape index (κ3) is 5.68. The summed E-state index contributed by atoms with van der Waals surface area (Å²) in [6.07, 6.45) is 7.59. The highest BCUT2D eigenvalue weighted by molar-refractivity contribution is 5.94. The van der Waals surface area contributed by atoms with E-state index in [4.69, 9.17) is 4.74 Å². The first-order valence-electron chi connectivity index (χ1n) is 8.55. The third-order valence-electron chi connectivity index (χ3n) is 3.99. The Morgan fingerprint density at radius 1 is 1.09 bits per heavy atom. The number of hydrogen-bond donors (Lipinski definition) is 2. The number of carbonyl (C=O) groups is 1. The van der Waals surface area contributed by atoms with E-state index in [1.165, 1.54) is 19.3 Å². The molecule has 1 aliphatic carbocycles. The van der Waals surface area contributed by atoms with Gasteiger partial charge < -0.3 is 15.4 Å². The first kappa shape index (κ1) is 16.8. The number of carbonyl (C=O) groups excluding carboxylic acids is 1. The van der Waals surface area contributed by atoms with Crippen LogP contribution in [0.2, 0.25) is 0 Å². The minimum absolute atomic E-state index is 0.0254. The molecule has 122 valence electrons. The van der Waals surface area contributed by atoms with Crippen molar-refractivity contribution in [3.8, 4) is 5.75 Å². The summed E-state index contributed by atoms with van der Waals surface area (Å²) in [4.78, 5) is 12.0. The molecule has 4 heteroatoms. The van der Waals surface area contributed by atoms with Gasteiger partial charge in [0.05, 0.1) is 6.10 Å². The fourth-order valence-electron chi connectivity index (χ4n) is 2.73. The number of benzene rings is 1. The smallest absolute Gasteiger partial charge is 0.251 e. The summed E-state index contributed by atoms with van der Waals surface area (Å²) in [7, 11) is 0. The molecule has 0 heterocycles. The van der Waals surface area contributed by atoms with Crippen LogP contribution < -0.4 is 15.4 Å². The van der Waals surface area contributed by atoms with Crippen LogP contribution in [0.4, 0.5) is 0 Å². The Labute approximate surface area is 133 Å². The Bertz CT molecular complexity index is 439. The Balaban J connectivity index is 1.74. The Morgan fingerprint density at radius 2 is 1.82 bits per heavy atom. The van der Waals surface area contributed by atoms with Crippen molar-refractivity contribution >= 4 is 5.91 Å². The molecule has 2 rings (SSSR count). The van der Waals surface area contributed by atoms with E-state index >= 15 is 0 Å². The molecule has 0 radical (unpaired) electrons. The zero-order chi connectivity index (χ0) is 15.6. The average molecular weight is 304 g/mol. The quantitative estimate of drug-likeness (QED) is 0.726. The zero-order valence-corrected chi connectivity index (χ0v) is 13.6. The molecule has 22 heavy (non-hydrogen) atoms. The van der Waals surface area contributed by atoms with Crippen molar-refractivity contribution in [2.45, 2.75) is 51.6 Å². The summed E-state index contributed by atoms with van der Waals surface area (Å²) in [5.41, 5.74) is 0.687. The highest BCUT2D eigenvalue weighted by Gasteiger charge is 2.15. The predicted octanol–water partition coefficient (Wildman–Crippen LogP) is 3.13. The van der Waals surface area contributed by atoms with Gasteiger partial charge in [-0.05, 0) is 62.9 Å². The number of hydrogen-bond acceptors (Lipinski definition) is 3. The molecule has 1 fully saturated rings. The molecule has 1 aromatic rings. The summed E-state index contributed by atoms with van der Waals surface area (Å²) >= 11 is 0. The number of ether oxygens (including phenoxy) is 1. The van der Waals surface area contributed by atoms with Crippen LogP contribution in [0.1, 0.15) is 55.8 Å². The molecule has 1 aliphatic rings. The second-order valence-electron chi connectivity index (χ2n) is 5.91. The van der Waals surface area contributed by atoms with E-state index in [1.54, 1.807) is 0 Å². The lowest BCUT2D eigenvalue weighted by atomic mass is 9.98. The molecule has 0 spiro atoms. The van der Waals surface area contributed by atoms with Gasteiger partial charge in [-0.25, -0.2) is 0 Å². The van der Waals surface area contributed by atoms with Crippen LogP contribution in [-0.2, 0) is 0 Å². The van der Waals surface area contributed by atoms with Crippen LogP contribution in [-0.4, -0.2) is 31.6 Å². The van der Waals surface area contributed by atoms with Gasteiger partial charge in [-0.3, -0.25) is 4.79 Å². The molecular formula is C18H28N2O2. The van der Waals surface area contributed by atoms with Crippen LogP contribution in [0.3, 0.4) is 0 Å². The molecule has 2 N–H and O–H groups in total. The molecule has 1 saturated carbocycles. The van der Waals surface area contributed by atoms with Gasteiger partial charge in [0.25, 0.3) is 5.91 Å². The Morgan fingerprint density at radius 3 is 2.50 bits per heavy atom. The molecule has 0 bridgehead atoms. The summed E-state index contributed by atoms with van der Waals surface area (Å²) < 4.78 is 5.97. The normalized spacial score (nSPS) is 15.5. The molecular weight excluding hydrogens is 276 g/mol. The highest BCUT2D eigenvalue weighted by atomic mass is 16.5. The fourth-order valence-corrected chi connectivity index (χ4v) is 2.73. The first-order chi connectivity index (χ1) is 10.8. The lowest BCUT2D eigenvalue weighted by molar-refractivity contribution is 0.0954. The predicted molar refractivity (Wildman–Crippen MR) is 89.4 cm³/mol. The zero-order valence-electron chi connectivity index (χ0n) is 13.6. The van der Waals surface area contributed by atoms with Crippen molar-refractivity contribution < 1.29 is 9.53 Å². The summed E-state index contributed by atoms with van der Waals surface area (Å²) in [5, 5.41) is 6.18. The molecule has 0 unspecified atom stereocenters. The van der Waals surface area contributed by atoms with Crippen LogP contribution >= 0.6 is 0 Å². The summed E-state index contributed by atoms with van der Waals surface area (Å²) in [6.45, 7) is 4.58. The van der Waals surface area contributed by atoms with E-state index in [0.717, 1.165) is 38.1 Å². The Kier molecular flexibility index (Phi) is 7.23. The summed E-state index contributed by atoms with van der Waals surface area (Å²) in [5.74, 6) is 0.843. The topological polar surface area (TPSA) is 50.4 Å². The molecule has 0 saturated heterocycles. The monoisotopic (exact) mass is 304 g/mol. The van der Waals surface area contributed by atoms with Gasteiger partial charge in [-0.1, -0.05) is 13.3 Å². The van der Waals surface area contributed by atoms with Crippen molar-refractivity contribution in [1.82, 2.24) is 10.6 Å². The fraction of sp³-hybridized carbons (Fsp3) is 0.611. The lowest BCUT2D eigenvalue weighted by Gasteiger charge is -2.23. The number of nitrogens with one attached hydrogen (secondary N) is 2. The van der Waals surface area contributed by atoms with Gasteiger partial charge in [0, 0.05) is 18.7 Å². The standard InChI is InChI=1S/C18H28N2O2/c1-2-12-19-13-14-20-18(21)15-8-10-17(11-9-15)22-16-6-4-3-5-7-16/h8-11,16,19H,2-7,12-14H2,1H3,(H,20,21). The van der Waals surface area contributed by atoms with Gasteiger partial charge in [-0.15, -0.1) is 0 Å². The van der Waals surface area contributed by atoms with E-state index < -0.39 is 0 Å². The SMILES string of the molecule is CCCNCCNC(=O)c1ccc(OC2CCCCC2)cc1. The number of rotatable bonds is 8. The van der Waals surface area contributed by atoms with Crippen molar-refractivity contribution in [3.05, 3.63) is 29.8 Å². The minimum atomic E-state index is -0.0254. The maximum atomic E-state index is 12.0. The second-order valence-corrected chi connectivity index (χ2v) is 5.91. The van der Waals surface area contributed by atoms with Crippen LogP contribution in [0.25, 0.3) is 0 Å². The van der Waals surface area contributed by atoms with E-state index in [0.29, 0.717) is 18.2 Å². The van der Waals surface area contributed by atoms with Gasteiger partial charge in [0.2, 0.25) is 0 Å². The lowest BCUT2D eigenvalue weighted by Crippen LogP contribution is -2.32. The van der Waals surface area contributed by atoms with Crippen molar-refractivity contribution in [2.75, 3.05) is 19.6 Å². The molecule has 1 aromatic carbocycles. The number of amides is 1. The maximum absolute atomic E-state index is 12.0. The first-order valence-corrected chi connectivity index (χ1v) is 8.55. The van der Waals surface area contributed by atoms with E-state index in [2.05, 4.69) is 17.6 Å².